The Balaban J connectivity index is 2.02. The molecule has 0 spiro atoms. The Bertz CT molecular complexity index is 439. The first-order valence-electron chi connectivity index (χ1n) is 5.01. The lowest BCUT2D eigenvalue weighted by molar-refractivity contribution is 0.189. The summed E-state index contributed by atoms with van der Waals surface area (Å²) in [5.74, 6) is 0. The topological polar surface area (TPSA) is 45.1 Å². The molecule has 3 nitrogen and oxygen atoms in total. The largest absolute Gasteiger partial charge is 0.393 e. The van der Waals surface area contributed by atoms with Gasteiger partial charge in [0, 0.05) is 12.2 Å². The van der Waals surface area contributed by atoms with E-state index in [1.165, 1.54) is 4.70 Å². The summed E-state index contributed by atoms with van der Waals surface area (Å²) < 4.78 is 1.19. The normalized spacial score (nSPS) is 12.9. The van der Waals surface area contributed by atoms with Crippen molar-refractivity contribution in [1.29, 1.82) is 0 Å². The summed E-state index contributed by atoms with van der Waals surface area (Å²) in [6, 6.07) is 6.12. The Labute approximate surface area is 92.8 Å². The Hall–Kier alpha value is -1.13. The number of fused-ring (bicyclic) bond motifs is 1. The fraction of sp³-hybridized carbons (Fsp3) is 0.364. The molecule has 0 fully saturated rings. The van der Waals surface area contributed by atoms with Gasteiger partial charge in [-0.2, -0.15) is 0 Å². The van der Waals surface area contributed by atoms with Gasteiger partial charge in [-0.1, -0.05) is 0 Å². The summed E-state index contributed by atoms with van der Waals surface area (Å²) in [6.07, 6.45) is 0.519. The zero-order chi connectivity index (χ0) is 10.7. The van der Waals surface area contributed by atoms with Gasteiger partial charge < -0.3 is 10.4 Å². The van der Waals surface area contributed by atoms with Crippen molar-refractivity contribution in [3.63, 3.8) is 0 Å². The molecule has 0 aliphatic rings. The van der Waals surface area contributed by atoms with Crippen LogP contribution in [0.3, 0.4) is 0 Å². The predicted molar refractivity (Wildman–Crippen MR) is 64.4 cm³/mol. The van der Waals surface area contributed by atoms with Gasteiger partial charge in [-0.05, 0) is 31.5 Å². The van der Waals surface area contributed by atoms with E-state index in [0.717, 1.165) is 24.2 Å². The molecule has 1 atom stereocenters. The van der Waals surface area contributed by atoms with Gasteiger partial charge in [0.05, 0.1) is 21.8 Å². The summed E-state index contributed by atoms with van der Waals surface area (Å²) in [5, 5.41) is 12.4. The number of nitrogens with one attached hydrogen (secondary N) is 1. The number of rotatable bonds is 4. The van der Waals surface area contributed by atoms with E-state index < -0.39 is 0 Å². The smallest absolute Gasteiger partial charge is 0.0813 e. The van der Waals surface area contributed by atoms with E-state index in [-0.39, 0.29) is 6.10 Å². The minimum Gasteiger partial charge on any atom is -0.393 e. The number of hydrogen-bond donors (Lipinski definition) is 2. The van der Waals surface area contributed by atoms with Crippen LogP contribution in [0.5, 0.6) is 0 Å². The molecule has 0 aliphatic carbocycles. The van der Waals surface area contributed by atoms with Crippen LogP contribution in [0.15, 0.2) is 23.7 Å². The number of benzene rings is 1. The standard InChI is InChI=1S/C11H14N2OS/c1-8(14)4-5-12-9-2-3-10-11(6-9)15-7-13-10/h2-3,6-8,12,14H,4-5H2,1H3. The van der Waals surface area contributed by atoms with Crippen molar-refractivity contribution in [2.75, 3.05) is 11.9 Å². The number of thiazole rings is 1. The quantitative estimate of drug-likeness (QED) is 0.835. The molecule has 4 heteroatoms. The molecule has 1 aromatic carbocycles. The average molecular weight is 222 g/mol. The Morgan fingerprint density at radius 3 is 3.20 bits per heavy atom. The lowest BCUT2D eigenvalue weighted by Crippen LogP contribution is -2.09. The Kier molecular flexibility index (Phi) is 3.18. The highest BCUT2D eigenvalue weighted by atomic mass is 32.1. The van der Waals surface area contributed by atoms with E-state index in [2.05, 4.69) is 16.4 Å². The van der Waals surface area contributed by atoms with Gasteiger partial charge in [0.25, 0.3) is 0 Å². The molecule has 0 aliphatic heterocycles. The van der Waals surface area contributed by atoms with Gasteiger partial charge in [0.1, 0.15) is 0 Å². The maximum absolute atomic E-state index is 9.12. The summed E-state index contributed by atoms with van der Waals surface area (Å²) in [7, 11) is 0. The van der Waals surface area contributed by atoms with E-state index in [1.807, 2.05) is 17.6 Å². The van der Waals surface area contributed by atoms with Gasteiger partial charge in [-0.25, -0.2) is 4.98 Å². The third-order valence-electron chi connectivity index (χ3n) is 2.22. The third kappa shape index (κ3) is 2.67. The summed E-state index contributed by atoms with van der Waals surface area (Å²) in [4.78, 5) is 4.22. The molecular formula is C11H14N2OS. The van der Waals surface area contributed by atoms with Crippen LogP contribution in [0.4, 0.5) is 5.69 Å². The van der Waals surface area contributed by atoms with Gasteiger partial charge in [0.2, 0.25) is 0 Å². The van der Waals surface area contributed by atoms with Gasteiger partial charge in [-0.3, -0.25) is 0 Å². The second-order valence-electron chi connectivity index (χ2n) is 3.60. The fourth-order valence-electron chi connectivity index (χ4n) is 1.39. The minimum absolute atomic E-state index is 0.246. The molecule has 0 bridgehead atoms. The lowest BCUT2D eigenvalue weighted by atomic mass is 10.2. The van der Waals surface area contributed by atoms with Crippen LogP contribution in [-0.4, -0.2) is 22.7 Å². The molecule has 0 saturated carbocycles. The van der Waals surface area contributed by atoms with Gasteiger partial charge >= 0.3 is 0 Å². The van der Waals surface area contributed by atoms with E-state index in [4.69, 9.17) is 5.11 Å². The molecule has 1 aromatic heterocycles. The average Bonchev–Trinajstić information content (AvgIpc) is 2.64. The SMILES string of the molecule is CC(O)CCNc1ccc2ncsc2c1. The molecule has 2 rings (SSSR count). The zero-order valence-electron chi connectivity index (χ0n) is 8.60. The molecule has 1 heterocycles. The Morgan fingerprint density at radius 1 is 1.53 bits per heavy atom. The molecular weight excluding hydrogens is 208 g/mol. The molecule has 80 valence electrons. The Morgan fingerprint density at radius 2 is 2.40 bits per heavy atom. The fourth-order valence-corrected chi connectivity index (χ4v) is 2.11. The summed E-state index contributed by atoms with van der Waals surface area (Å²) in [5.41, 5.74) is 3.98. The number of hydrogen-bond acceptors (Lipinski definition) is 4. The molecule has 2 N–H and O–H groups in total. The minimum atomic E-state index is -0.246. The van der Waals surface area contributed by atoms with E-state index in [9.17, 15) is 0 Å². The predicted octanol–water partition coefficient (Wildman–Crippen LogP) is 2.48. The highest BCUT2D eigenvalue weighted by Gasteiger charge is 1.99. The second kappa shape index (κ2) is 4.59. The monoisotopic (exact) mass is 222 g/mol. The van der Waals surface area contributed by atoms with E-state index >= 15 is 0 Å². The first-order chi connectivity index (χ1) is 7.25. The first-order valence-corrected chi connectivity index (χ1v) is 5.89. The third-order valence-corrected chi connectivity index (χ3v) is 3.01. The number of anilines is 1. The maximum Gasteiger partial charge on any atom is 0.0813 e. The molecule has 0 saturated heterocycles. The van der Waals surface area contributed by atoms with Crippen molar-refractivity contribution in [3.8, 4) is 0 Å². The number of aromatic nitrogens is 1. The van der Waals surface area contributed by atoms with Crippen LogP contribution >= 0.6 is 11.3 Å². The van der Waals surface area contributed by atoms with E-state index in [1.54, 1.807) is 18.3 Å². The van der Waals surface area contributed by atoms with Crippen LogP contribution in [0.1, 0.15) is 13.3 Å². The van der Waals surface area contributed by atoms with Crippen LogP contribution in [0, 0.1) is 0 Å². The van der Waals surface area contributed by atoms with Crippen molar-refractivity contribution < 1.29 is 5.11 Å². The first kappa shape index (κ1) is 10.4. The summed E-state index contributed by atoms with van der Waals surface area (Å²) >= 11 is 1.64. The second-order valence-corrected chi connectivity index (χ2v) is 4.49. The van der Waals surface area contributed by atoms with Crippen molar-refractivity contribution in [3.05, 3.63) is 23.7 Å². The van der Waals surface area contributed by atoms with E-state index in [0.29, 0.717) is 0 Å². The van der Waals surface area contributed by atoms with Crippen molar-refractivity contribution >= 4 is 27.2 Å². The molecule has 0 radical (unpaired) electrons. The number of aliphatic hydroxyl groups is 1. The highest BCUT2D eigenvalue weighted by molar-refractivity contribution is 7.16. The van der Waals surface area contributed by atoms with Crippen molar-refractivity contribution in [2.45, 2.75) is 19.4 Å². The zero-order valence-corrected chi connectivity index (χ0v) is 9.42. The van der Waals surface area contributed by atoms with Crippen LogP contribution < -0.4 is 5.32 Å². The molecule has 2 aromatic rings. The van der Waals surface area contributed by atoms with Gasteiger partial charge in [-0.15, -0.1) is 11.3 Å². The number of nitrogens with zero attached hydrogens (tertiary/aromatic N) is 1. The van der Waals surface area contributed by atoms with Crippen LogP contribution in [0.25, 0.3) is 10.2 Å². The molecule has 15 heavy (non-hydrogen) atoms. The lowest BCUT2D eigenvalue weighted by Gasteiger charge is -2.07. The molecule has 1 unspecified atom stereocenters. The molecule has 0 amide bonds. The summed E-state index contributed by atoms with van der Waals surface area (Å²) in [6.45, 7) is 2.59. The van der Waals surface area contributed by atoms with Crippen LogP contribution in [0.2, 0.25) is 0 Å². The van der Waals surface area contributed by atoms with Gasteiger partial charge in [0.15, 0.2) is 0 Å². The van der Waals surface area contributed by atoms with Crippen molar-refractivity contribution in [1.82, 2.24) is 4.98 Å². The highest BCUT2D eigenvalue weighted by Crippen LogP contribution is 2.21. The maximum atomic E-state index is 9.12. The van der Waals surface area contributed by atoms with Crippen LogP contribution in [-0.2, 0) is 0 Å². The van der Waals surface area contributed by atoms with Crippen molar-refractivity contribution in [2.24, 2.45) is 0 Å². The number of aliphatic hydroxyl groups excluding tert-OH is 1.